The van der Waals surface area contributed by atoms with Gasteiger partial charge in [0.1, 0.15) is 11.5 Å². The predicted octanol–water partition coefficient (Wildman–Crippen LogP) is 1.19. The van der Waals surface area contributed by atoms with Crippen molar-refractivity contribution in [2.75, 3.05) is 0 Å². The van der Waals surface area contributed by atoms with Crippen molar-refractivity contribution in [2.24, 2.45) is 7.05 Å². The number of hydrogen-bond acceptors (Lipinski definition) is 4. The van der Waals surface area contributed by atoms with Gasteiger partial charge in [-0.15, -0.1) is 0 Å². The first-order valence-corrected chi connectivity index (χ1v) is 5.97. The number of carbonyl (C=O) groups excluding carboxylic acids is 1. The molecule has 2 aromatic heterocycles. The normalized spacial score (nSPS) is 12.2. The molecule has 1 amide bonds. The molecule has 106 valence electrons. The van der Waals surface area contributed by atoms with Gasteiger partial charge in [-0.2, -0.15) is 5.10 Å². The number of amides is 1. The number of nitrogens with one attached hydrogen (secondary N) is 1. The molecule has 0 aliphatic carbocycles. The molecule has 0 aromatic carbocycles. The lowest BCUT2D eigenvalue weighted by Crippen LogP contribution is -2.33. The van der Waals surface area contributed by atoms with Gasteiger partial charge in [-0.25, -0.2) is 4.79 Å². The van der Waals surface area contributed by atoms with Gasteiger partial charge < -0.3 is 14.8 Å². The lowest BCUT2D eigenvalue weighted by atomic mass is 10.1. The van der Waals surface area contributed by atoms with E-state index >= 15 is 0 Å². The van der Waals surface area contributed by atoms with Gasteiger partial charge in [0, 0.05) is 18.8 Å². The van der Waals surface area contributed by atoms with E-state index in [2.05, 4.69) is 10.4 Å². The second-order valence-corrected chi connectivity index (χ2v) is 4.52. The van der Waals surface area contributed by atoms with E-state index in [1.807, 2.05) is 0 Å². The second kappa shape index (κ2) is 5.20. The molecule has 0 bridgehead atoms. The zero-order valence-electron chi connectivity index (χ0n) is 11.4. The van der Waals surface area contributed by atoms with Gasteiger partial charge in [0.15, 0.2) is 6.04 Å². The predicted molar refractivity (Wildman–Crippen MR) is 69.2 cm³/mol. The number of aromatic nitrogens is 2. The summed E-state index contributed by atoms with van der Waals surface area (Å²) in [6.45, 7) is 3.38. The summed E-state index contributed by atoms with van der Waals surface area (Å²) in [4.78, 5) is 23.4. The maximum atomic E-state index is 12.1. The van der Waals surface area contributed by atoms with E-state index < -0.39 is 17.9 Å². The van der Waals surface area contributed by atoms with E-state index in [0.29, 0.717) is 22.6 Å². The van der Waals surface area contributed by atoms with Gasteiger partial charge in [0.25, 0.3) is 5.91 Å². The Hall–Kier alpha value is -2.57. The van der Waals surface area contributed by atoms with Crippen molar-refractivity contribution in [1.82, 2.24) is 15.1 Å². The van der Waals surface area contributed by atoms with Crippen LogP contribution in [0.1, 0.15) is 33.5 Å². The average Bonchev–Trinajstić information content (AvgIpc) is 2.91. The van der Waals surface area contributed by atoms with Crippen molar-refractivity contribution in [3.05, 3.63) is 41.1 Å². The van der Waals surface area contributed by atoms with Crippen LogP contribution in [0.5, 0.6) is 0 Å². The summed E-state index contributed by atoms with van der Waals surface area (Å²) in [5.41, 5.74) is 0.740. The first-order chi connectivity index (χ1) is 9.38. The van der Waals surface area contributed by atoms with Crippen LogP contribution < -0.4 is 5.32 Å². The van der Waals surface area contributed by atoms with Crippen molar-refractivity contribution in [3.63, 3.8) is 0 Å². The van der Waals surface area contributed by atoms with E-state index in [1.165, 1.54) is 10.9 Å². The third-order valence-electron chi connectivity index (χ3n) is 2.87. The fourth-order valence-corrected chi connectivity index (χ4v) is 1.94. The molecule has 0 saturated heterocycles. The molecule has 7 heteroatoms. The number of nitrogens with zero attached hydrogens (tertiary/aromatic N) is 2. The molecular weight excluding hydrogens is 262 g/mol. The molecule has 0 fully saturated rings. The minimum absolute atomic E-state index is 0.331. The van der Waals surface area contributed by atoms with Gasteiger partial charge in [-0.05, 0) is 19.9 Å². The minimum Gasteiger partial charge on any atom is -0.479 e. The van der Waals surface area contributed by atoms with E-state index in [9.17, 15) is 14.7 Å². The van der Waals surface area contributed by atoms with E-state index in [1.54, 1.807) is 33.2 Å². The maximum Gasteiger partial charge on any atom is 0.331 e. The molecule has 0 saturated carbocycles. The van der Waals surface area contributed by atoms with Crippen LogP contribution in [0.3, 0.4) is 0 Å². The quantitative estimate of drug-likeness (QED) is 0.874. The number of carbonyl (C=O) groups is 2. The molecule has 0 radical (unpaired) electrons. The van der Waals surface area contributed by atoms with E-state index in [-0.39, 0.29) is 0 Å². The highest BCUT2D eigenvalue weighted by Crippen LogP contribution is 2.17. The van der Waals surface area contributed by atoms with Crippen LogP contribution in [0.25, 0.3) is 0 Å². The van der Waals surface area contributed by atoms with Crippen LogP contribution >= 0.6 is 0 Å². The van der Waals surface area contributed by atoms with E-state index in [4.69, 9.17) is 4.42 Å². The van der Waals surface area contributed by atoms with Crippen molar-refractivity contribution in [2.45, 2.75) is 19.9 Å². The summed E-state index contributed by atoms with van der Waals surface area (Å²) in [5, 5.41) is 15.6. The number of rotatable bonds is 4. The zero-order valence-corrected chi connectivity index (χ0v) is 11.4. The lowest BCUT2D eigenvalue weighted by molar-refractivity contribution is -0.139. The van der Waals surface area contributed by atoms with Gasteiger partial charge in [0.05, 0.1) is 11.8 Å². The van der Waals surface area contributed by atoms with Crippen LogP contribution in [0.15, 0.2) is 22.9 Å². The molecule has 2 rings (SSSR count). The molecule has 20 heavy (non-hydrogen) atoms. The molecule has 0 aliphatic rings. The minimum atomic E-state index is -1.15. The number of aryl methyl sites for hydroxylation is 3. The number of carboxylic acids is 1. The molecule has 2 aromatic rings. The van der Waals surface area contributed by atoms with E-state index in [0.717, 1.165) is 0 Å². The Labute approximate surface area is 115 Å². The maximum absolute atomic E-state index is 12.1. The van der Waals surface area contributed by atoms with Crippen LogP contribution in [-0.4, -0.2) is 26.8 Å². The van der Waals surface area contributed by atoms with Gasteiger partial charge in [-0.3, -0.25) is 9.48 Å². The van der Waals surface area contributed by atoms with Crippen molar-refractivity contribution < 1.29 is 19.1 Å². The SMILES string of the molecule is Cc1cc(C(=O)NC(C(=O)O)c2cnn(C)c2)c(C)o1. The number of hydrogen-bond donors (Lipinski definition) is 2. The Kier molecular flexibility index (Phi) is 3.60. The Morgan fingerprint density at radius 1 is 1.45 bits per heavy atom. The monoisotopic (exact) mass is 277 g/mol. The Morgan fingerprint density at radius 2 is 2.15 bits per heavy atom. The molecule has 0 spiro atoms. The average molecular weight is 277 g/mol. The zero-order chi connectivity index (χ0) is 14.9. The topological polar surface area (TPSA) is 97.4 Å². The Balaban J connectivity index is 2.23. The Bertz CT molecular complexity index is 656. The molecule has 7 nitrogen and oxygen atoms in total. The fraction of sp³-hybridized carbons (Fsp3) is 0.308. The number of carboxylic acid groups (broad SMARTS) is 1. The lowest BCUT2D eigenvalue weighted by Gasteiger charge is -2.12. The smallest absolute Gasteiger partial charge is 0.331 e. The third-order valence-corrected chi connectivity index (χ3v) is 2.87. The van der Waals surface area contributed by atoms with Crippen LogP contribution in [0, 0.1) is 13.8 Å². The summed E-state index contributed by atoms with van der Waals surface area (Å²) in [5.74, 6) is -0.587. The highest BCUT2D eigenvalue weighted by Gasteiger charge is 2.25. The molecular formula is C13H15N3O4. The fourth-order valence-electron chi connectivity index (χ4n) is 1.94. The van der Waals surface area contributed by atoms with Crippen LogP contribution in [-0.2, 0) is 11.8 Å². The number of furan rings is 1. The summed E-state index contributed by atoms with van der Waals surface area (Å²) < 4.78 is 6.74. The van der Waals surface area contributed by atoms with Gasteiger partial charge in [-0.1, -0.05) is 0 Å². The molecule has 1 atom stereocenters. The van der Waals surface area contributed by atoms with Crippen LogP contribution in [0.4, 0.5) is 0 Å². The highest BCUT2D eigenvalue weighted by molar-refractivity contribution is 5.97. The first-order valence-electron chi connectivity index (χ1n) is 5.97. The standard InChI is InChI=1S/C13H15N3O4/c1-7-4-10(8(2)20-7)12(17)15-11(13(18)19)9-5-14-16(3)6-9/h4-6,11H,1-3H3,(H,15,17)(H,18,19). The summed E-state index contributed by atoms with van der Waals surface area (Å²) >= 11 is 0. The largest absolute Gasteiger partial charge is 0.479 e. The summed E-state index contributed by atoms with van der Waals surface area (Å²) in [6, 6.07) is 0.429. The van der Waals surface area contributed by atoms with Crippen molar-refractivity contribution in [1.29, 1.82) is 0 Å². The van der Waals surface area contributed by atoms with Gasteiger partial charge >= 0.3 is 5.97 Å². The first kappa shape index (κ1) is 13.9. The summed E-state index contributed by atoms with van der Waals surface area (Å²) in [7, 11) is 1.67. The number of aliphatic carboxylic acids is 1. The molecule has 2 N–H and O–H groups in total. The second-order valence-electron chi connectivity index (χ2n) is 4.52. The van der Waals surface area contributed by atoms with Crippen molar-refractivity contribution in [3.8, 4) is 0 Å². The van der Waals surface area contributed by atoms with Gasteiger partial charge in [0.2, 0.25) is 0 Å². The van der Waals surface area contributed by atoms with Crippen LogP contribution in [0.2, 0.25) is 0 Å². The Morgan fingerprint density at radius 3 is 2.60 bits per heavy atom. The third kappa shape index (κ3) is 2.71. The highest BCUT2D eigenvalue weighted by atomic mass is 16.4. The summed E-state index contributed by atoms with van der Waals surface area (Å²) in [6.07, 6.45) is 2.96. The molecule has 0 aliphatic heterocycles. The van der Waals surface area contributed by atoms with Crippen molar-refractivity contribution >= 4 is 11.9 Å². The molecule has 2 heterocycles. The molecule has 1 unspecified atom stereocenters.